The Kier molecular flexibility index (Phi) is 6.46. The summed E-state index contributed by atoms with van der Waals surface area (Å²) in [6.45, 7) is 7.53. The monoisotopic (exact) mass is 415 g/mol. The number of aromatic nitrogens is 2. The second-order valence-electron chi connectivity index (χ2n) is 7.77. The van der Waals surface area contributed by atoms with E-state index < -0.39 is 0 Å². The van der Waals surface area contributed by atoms with Crippen molar-refractivity contribution in [1.82, 2.24) is 20.2 Å². The van der Waals surface area contributed by atoms with Crippen molar-refractivity contribution in [3.05, 3.63) is 77.5 Å². The van der Waals surface area contributed by atoms with Crippen LogP contribution in [-0.4, -0.2) is 53.6 Å². The smallest absolute Gasteiger partial charge is 0.317 e. The van der Waals surface area contributed by atoms with Crippen LogP contribution in [0.15, 0.2) is 60.7 Å². The molecule has 0 saturated carbocycles. The van der Waals surface area contributed by atoms with Crippen LogP contribution >= 0.6 is 0 Å². The number of benzene rings is 2. The molecule has 4 rings (SSSR count). The third-order valence-corrected chi connectivity index (χ3v) is 5.64. The van der Waals surface area contributed by atoms with Gasteiger partial charge in [0.25, 0.3) is 0 Å². The topological polar surface area (TPSA) is 61.4 Å². The molecular formula is C25H29N5O. The Balaban J connectivity index is 1.66. The van der Waals surface area contributed by atoms with Crippen LogP contribution in [0.3, 0.4) is 0 Å². The quantitative estimate of drug-likeness (QED) is 0.687. The maximum Gasteiger partial charge on any atom is 0.317 e. The normalized spacial score (nSPS) is 13.9. The molecular weight excluding hydrogens is 386 g/mol. The van der Waals surface area contributed by atoms with Gasteiger partial charge in [-0.15, -0.1) is 0 Å². The zero-order valence-electron chi connectivity index (χ0n) is 18.2. The fraction of sp³-hybridized carbons (Fsp3) is 0.320. The molecule has 2 amide bonds. The first kappa shape index (κ1) is 20.8. The molecule has 1 aliphatic heterocycles. The average molecular weight is 416 g/mol. The molecule has 1 saturated heterocycles. The number of urea groups is 1. The summed E-state index contributed by atoms with van der Waals surface area (Å²) in [4.78, 5) is 26.3. The molecule has 31 heavy (non-hydrogen) atoms. The summed E-state index contributed by atoms with van der Waals surface area (Å²) in [5.41, 5.74) is 4.40. The van der Waals surface area contributed by atoms with Crippen LogP contribution in [0.4, 0.5) is 10.6 Å². The molecule has 0 aliphatic carbocycles. The fourth-order valence-electron chi connectivity index (χ4n) is 3.95. The van der Waals surface area contributed by atoms with E-state index in [4.69, 9.17) is 9.97 Å². The van der Waals surface area contributed by atoms with E-state index >= 15 is 0 Å². The first-order valence-corrected chi connectivity index (χ1v) is 10.9. The lowest BCUT2D eigenvalue weighted by atomic mass is 10.0. The van der Waals surface area contributed by atoms with Crippen LogP contribution in [0.2, 0.25) is 0 Å². The molecule has 6 nitrogen and oxygen atoms in total. The first-order valence-electron chi connectivity index (χ1n) is 10.9. The average Bonchev–Trinajstić information content (AvgIpc) is 2.82. The summed E-state index contributed by atoms with van der Waals surface area (Å²) in [5.74, 6) is 1.72. The summed E-state index contributed by atoms with van der Waals surface area (Å²) < 4.78 is 0. The Hall–Kier alpha value is -3.41. The van der Waals surface area contributed by atoms with Gasteiger partial charge in [-0.25, -0.2) is 14.8 Å². The molecule has 3 aromatic rings. The number of nitrogens with one attached hydrogen (secondary N) is 1. The minimum Gasteiger partial charge on any atom is -0.353 e. The Labute approximate surface area is 183 Å². The second-order valence-corrected chi connectivity index (χ2v) is 7.77. The lowest BCUT2D eigenvalue weighted by molar-refractivity contribution is 0.195. The first-order chi connectivity index (χ1) is 15.2. The van der Waals surface area contributed by atoms with Crippen molar-refractivity contribution in [3.63, 3.8) is 0 Å². The van der Waals surface area contributed by atoms with E-state index in [0.29, 0.717) is 19.6 Å². The number of anilines is 1. The molecule has 1 N–H and O–H groups in total. The number of piperazine rings is 1. The highest BCUT2D eigenvalue weighted by Gasteiger charge is 2.25. The maximum absolute atomic E-state index is 12.2. The van der Waals surface area contributed by atoms with Crippen LogP contribution in [-0.2, 0) is 6.42 Å². The molecule has 0 spiro atoms. The number of hydrogen-bond acceptors (Lipinski definition) is 4. The predicted molar refractivity (Wildman–Crippen MR) is 124 cm³/mol. The van der Waals surface area contributed by atoms with Gasteiger partial charge in [0.05, 0.1) is 0 Å². The van der Waals surface area contributed by atoms with Gasteiger partial charge in [-0.3, -0.25) is 0 Å². The standard InChI is InChI=1S/C25H29N5O/c1-3-26-25(31)30-16-14-29(15-17-30)24-22(18-20-10-6-4-7-11-20)19(2)27-23(28-24)21-12-8-5-9-13-21/h4-13H,3,14-18H2,1-2H3,(H,26,31). The van der Waals surface area contributed by atoms with Crippen LogP contribution in [0.5, 0.6) is 0 Å². The van der Waals surface area contributed by atoms with Crippen LogP contribution in [0.1, 0.15) is 23.7 Å². The Morgan fingerprint density at radius 2 is 1.58 bits per heavy atom. The van der Waals surface area contributed by atoms with Crippen molar-refractivity contribution >= 4 is 11.8 Å². The van der Waals surface area contributed by atoms with Crippen molar-refractivity contribution in [3.8, 4) is 11.4 Å². The van der Waals surface area contributed by atoms with Gasteiger partial charge < -0.3 is 15.1 Å². The van der Waals surface area contributed by atoms with Gasteiger partial charge in [0.2, 0.25) is 0 Å². The van der Waals surface area contributed by atoms with E-state index in [1.54, 1.807) is 0 Å². The molecule has 1 fully saturated rings. The minimum absolute atomic E-state index is 0.00972. The summed E-state index contributed by atoms with van der Waals surface area (Å²) in [5, 5.41) is 2.90. The molecule has 1 aliphatic rings. The molecule has 160 valence electrons. The molecule has 6 heteroatoms. The van der Waals surface area contributed by atoms with Gasteiger partial charge >= 0.3 is 6.03 Å². The lowest BCUT2D eigenvalue weighted by Crippen LogP contribution is -2.52. The van der Waals surface area contributed by atoms with E-state index in [-0.39, 0.29) is 6.03 Å². The molecule has 2 heterocycles. The zero-order chi connectivity index (χ0) is 21.6. The minimum atomic E-state index is 0.00972. The van der Waals surface area contributed by atoms with Gasteiger partial charge in [0.15, 0.2) is 5.82 Å². The van der Waals surface area contributed by atoms with Crippen molar-refractivity contribution in [2.75, 3.05) is 37.6 Å². The highest BCUT2D eigenvalue weighted by molar-refractivity contribution is 5.74. The van der Waals surface area contributed by atoms with E-state index in [9.17, 15) is 4.79 Å². The molecule has 2 aromatic carbocycles. The van der Waals surface area contributed by atoms with Gasteiger partial charge in [-0.1, -0.05) is 60.7 Å². The van der Waals surface area contributed by atoms with Crippen molar-refractivity contribution in [2.24, 2.45) is 0 Å². The molecule has 1 aromatic heterocycles. The lowest BCUT2D eigenvalue weighted by Gasteiger charge is -2.36. The zero-order valence-corrected chi connectivity index (χ0v) is 18.2. The van der Waals surface area contributed by atoms with Gasteiger partial charge in [-0.2, -0.15) is 0 Å². The van der Waals surface area contributed by atoms with Crippen LogP contribution in [0.25, 0.3) is 11.4 Å². The number of nitrogens with zero attached hydrogens (tertiary/aromatic N) is 4. The van der Waals surface area contributed by atoms with Gasteiger partial charge in [0.1, 0.15) is 5.82 Å². The summed E-state index contributed by atoms with van der Waals surface area (Å²) in [7, 11) is 0. The largest absolute Gasteiger partial charge is 0.353 e. The maximum atomic E-state index is 12.2. The number of carbonyl (C=O) groups is 1. The molecule has 0 atom stereocenters. The van der Waals surface area contributed by atoms with Crippen molar-refractivity contribution in [2.45, 2.75) is 20.3 Å². The SMILES string of the molecule is CCNC(=O)N1CCN(c2nc(-c3ccccc3)nc(C)c2Cc2ccccc2)CC1. The van der Waals surface area contributed by atoms with E-state index in [0.717, 1.165) is 48.0 Å². The number of carbonyl (C=O) groups excluding carboxylic acids is 1. The summed E-state index contributed by atoms with van der Waals surface area (Å²) in [6, 6.07) is 20.6. The third kappa shape index (κ3) is 4.85. The highest BCUT2D eigenvalue weighted by Crippen LogP contribution is 2.28. The number of amides is 2. The Morgan fingerprint density at radius 1 is 0.935 bits per heavy atom. The fourth-order valence-corrected chi connectivity index (χ4v) is 3.95. The van der Waals surface area contributed by atoms with Gasteiger partial charge in [-0.05, 0) is 19.4 Å². The van der Waals surface area contributed by atoms with Gasteiger partial charge in [0, 0.05) is 56.0 Å². The second kappa shape index (κ2) is 9.60. The van der Waals surface area contributed by atoms with E-state index in [1.807, 2.05) is 48.2 Å². The molecule has 0 unspecified atom stereocenters. The number of hydrogen-bond donors (Lipinski definition) is 1. The van der Waals surface area contributed by atoms with Crippen LogP contribution < -0.4 is 10.2 Å². The van der Waals surface area contributed by atoms with E-state index in [1.165, 1.54) is 5.56 Å². The Morgan fingerprint density at radius 3 is 2.23 bits per heavy atom. The third-order valence-electron chi connectivity index (χ3n) is 5.64. The van der Waals surface area contributed by atoms with Crippen molar-refractivity contribution < 1.29 is 4.79 Å². The summed E-state index contributed by atoms with van der Waals surface area (Å²) >= 11 is 0. The van der Waals surface area contributed by atoms with Crippen molar-refractivity contribution in [1.29, 1.82) is 0 Å². The molecule has 0 radical (unpaired) electrons. The Bertz CT molecular complexity index is 1010. The number of aryl methyl sites for hydroxylation is 1. The number of rotatable bonds is 5. The predicted octanol–water partition coefficient (Wildman–Crippen LogP) is 3.89. The summed E-state index contributed by atoms with van der Waals surface area (Å²) in [6.07, 6.45) is 0.785. The molecule has 0 bridgehead atoms. The van der Waals surface area contributed by atoms with Crippen LogP contribution in [0, 0.1) is 6.92 Å². The van der Waals surface area contributed by atoms with E-state index in [2.05, 4.69) is 41.4 Å². The highest BCUT2D eigenvalue weighted by atomic mass is 16.2.